The van der Waals surface area contributed by atoms with E-state index in [4.69, 9.17) is 13.9 Å². The summed E-state index contributed by atoms with van der Waals surface area (Å²) < 4.78 is 10.5. The normalized spacial score (nSPS) is 10.5. The molecule has 4 heteroatoms. The number of aliphatic carboxylic acids is 1. The molecule has 0 aliphatic heterocycles. The van der Waals surface area contributed by atoms with E-state index in [1.54, 1.807) is 24.5 Å². The van der Waals surface area contributed by atoms with E-state index in [9.17, 15) is 4.79 Å². The molecule has 0 fully saturated rings. The van der Waals surface area contributed by atoms with Gasteiger partial charge in [0.15, 0.2) is 11.5 Å². The molecule has 2 heterocycles. The van der Waals surface area contributed by atoms with Gasteiger partial charge in [-0.25, -0.2) is 0 Å². The Balaban J connectivity index is 2.33. The number of furan rings is 2. The Morgan fingerprint density at radius 1 is 1.47 bits per heavy atom. The van der Waals surface area contributed by atoms with Crippen LogP contribution in [0.1, 0.15) is 11.3 Å². The van der Waals surface area contributed by atoms with Crippen LogP contribution >= 0.6 is 0 Å². The van der Waals surface area contributed by atoms with Crippen LogP contribution < -0.4 is 0 Å². The fourth-order valence-electron chi connectivity index (χ4n) is 1.37. The van der Waals surface area contributed by atoms with Crippen LogP contribution in [0.3, 0.4) is 0 Å². The van der Waals surface area contributed by atoms with E-state index >= 15 is 0 Å². The first-order valence-corrected chi connectivity index (χ1v) is 4.52. The summed E-state index contributed by atoms with van der Waals surface area (Å²) in [6.07, 6.45) is 1.44. The zero-order valence-corrected chi connectivity index (χ0v) is 8.19. The van der Waals surface area contributed by atoms with Gasteiger partial charge in [0.1, 0.15) is 12.2 Å². The third-order valence-corrected chi connectivity index (χ3v) is 2.10. The predicted octanol–water partition coefficient (Wildman–Crippen LogP) is 2.48. The Bertz CT molecular complexity index is 465. The lowest BCUT2D eigenvalue weighted by Crippen LogP contribution is -1.99. The molecule has 15 heavy (non-hydrogen) atoms. The molecule has 0 aliphatic carbocycles. The number of hydrogen-bond donors (Lipinski definition) is 1. The van der Waals surface area contributed by atoms with Crippen molar-refractivity contribution in [3.63, 3.8) is 0 Å². The predicted molar refractivity (Wildman–Crippen MR) is 52.5 cm³/mol. The first kappa shape index (κ1) is 9.58. The number of carbonyl (C=O) groups is 1. The van der Waals surface area contributed by atoms with Crippen molar-refractivity contribution in [3.8, 4) is 11.5 Å². The first-order chi connectivity index (χ1) is 7.16. The highest BCUT2D eigenvalue weighted by atomic mass is 16.4. The Labute approximate surface area is 86.1 Å². The molecule has 2 aromatic rings. The molecule has 0 bridgehead atoms. The van der Waals surface area contributed by atoms with Crippen molar-refractivity contribution in [2.24, 2.45) is 0 Å². The van der Waals surface area contributed by atoms with Crippen molar-refractivity contribution in [2.75, 3.05) is 0 Å². The van der Waals surface area contributed by atoms with Crippen LogP contribution in [0.15, 0.2) is 33.3 Å². The van der Waals surface area contributed by atoms with Gasteiger partial charge in [0.05, 0.1) is 6.26 Å². The summed E-state index contributed by atoms with van der Waals surface area (Å²) in [5.41, 5.74) is 0.823. The average Bonchev–Trinajstić information content (AvgIpc) is 2.75. The number of aryl methyl sites for hydroxylation is 1. The van der Waals surface area contributed by atoms with E-state index in [0.717, 1.165) is 5.56 Å². The van der Waals surface area contributed by atoms with Crippen molar-refractivity contribution < 1.29 is 18.7 Å². The maximum Gasteiger partial charge on any atom is 0.311 e. The Morgan fingerprint density at radius 2 is 2.27 bits per heavy atom. The van der Waals surface area contributed by atoms with Crippen molar-refractivity contribution in [2.45, 2.75) is 13.3 Å². The number of hydrogen-bond acceptors (Lipinski definition) is 3. The molecular weight excluding hydrogens is 196 g/mol. The Morgan fingerprint density at radius 3 is 2.87 bits per heavy atom. The highest BCUT2D eigenvalue weighted by Crippen LogP contribution is 2.25. The minimum Gasteiger partial charge on any atom is -0.481 e. The number of rotatable bonds is 3. The van der Waals surface area contributed by atoms with Gasteiger partial charge in [0.25, 0.3) is 0 Å². The molecule has 0 atom stereocenters. The number of carboxylic acid groups (broad SMARTS) is 1. The van der Waals surface area contributed by atoms with Gasteiger partial charge in [0.2, 0.25) is 0 Å². The van der Waals surface area contributed by atoms with Gasteiger partial charge in [-0.1, -0.05) is 0 Å². The molecule has 0 amide bonds. The van der Waals surface area contributed by atoms with Crippen LogP contribution in [-0.2, 0) is 11.2 Å². The van der Waals surface area contributed by atoms with Gasteiger partial charge in [-0.05, 0) is 30.7 Å². The summed E-state index contributed by atoms with van der Waals surface area (Å²) in [5, 5.41) is 8.65. The van der Waals surface area contributed by atoms with E-state index in [2.05, 4.69) is 0 Å². The molecule has 0 spiro atoms. The molecule has 0 saturated heterocycles. The van der Waals surface area contributed by atoms with Gasteiger partial charge in [0, 0.05) is 0 Å². The zero-order chi connectivity index (χ0) is 10.8. The molecule has 1 N–H and O–H groups in total. The van der Waals surface area contributed by atoms with Crippen LogP contribution in [0.5, 0.6) is 0 Å². The highest BCUT2D eigenvalue weighted by molar-refractivity contribution is 5.70. The molecule has 0 aromatic carbocycles. The molecule has 2 aromatic heterocycles. The van der Waals surface area contributed by atoms with Crippen molar-refractivity contribution in [3.05, 3.63) is 35.8 Å². The summed E-state index contributed by atoms with van der Waals surface area (Å²) in [7, 11) is 0. The van der Waals surface area contributed by atoms with Crippen LogP contribution in [0.4, 0.5) is 0 Å². The molecule has 0 aliphatic rings. The molecule has 0 unspecified atom stereocenters. The first-order valence-electron chi connectivity index (χ1n) is 4.52. The monoisotopic (exact) mass is 206 g/mol. The topological polar surface area (TPSA) is 63.6 Å². The molecule has 0 radical (unpaired) electrons. The SMILES string of the molecule is Cc1cc(-c2ccco2)oc1CC(=O)O. The minimum atomic E-state index is -0.904. The molecular formula is C11H10O4. The summed E-state index contributed by atoms with van der Waals surface area (Å²) in [5.74, 6) is 0.732. The maximum absolute atomic E-state index is 10.5. The van der Waals surface area contributed by atoms with E-state index in [1.807, 2.05) is 6.92 Å². The lowest BCUT2D eigenvalue weighted by molar-refractivity contribution is -0.136. The highest BCUT2D eigenvalue weighted by Gasteiger charge is 2.13. The van der Waals surface area contributed by atoms with Crippen LogP contribution in [-0.4, -0.2) is 11.1 Å². The smallest absolute Gasteiger partial charge is 0.311 e. The van der Waals surface area contributed by atoms with Gasteiger partial charge in [-0.3, -0.25) is 4.79 Å². The zero-order valence-electron chi connectivity index (χ0n) is 8.19. The summed E-state index contributed by atoms with van der Waals surface area (Å²) >= 11 is 0. The summed E-state index contributed by atoms with van der Waals surface area (Å²) in [4.78, 5) is 10.5. The second-order valence-corrected chi connectivity index (χ2v) is 3.26. The second kappa shape index (κ2) is 3.65. The lowest BCUT2D eigenvalue weighted by atomic mass is 10.2. The lowest BCUT2D eigenvalue weighted by Gasteiger charge is -1.92. The van der Waals surface area contributed by atoms with Gasteiger partial charge >= 0.3 is 5.97 Å². The van der Waals surface area contributed by atoms with Gasteiger partial charge in [-0.2, -0.15) is 0 Å². The van der Waals surface area contributed by atoms with E-state index in [-0.39, 0.29) is 6.42 Å². The van der Waals surface area contributed by atoms with Crippen molar-refractivity contribution in [1.82, 2.24) is 0 Å². The largest absolute Gasteiger partial charge is 0.481 e. The minimum absolute atomic E-state index is 0.105. The maximum atomic E-state index is 10.5. The third-order valence-electron chi connectivity index (χ3n) is 2.10. The van der Waals surface area contributed by atoms with Crippen LogP contribution in [0, 0.1) is 6.92 Å². The molecule has 4 nitrogen and oxygen atoms in total. The second-order valence-electron chi connectivity index (χ2n) is 3.26. The third kappa shape index (κ3) is 1.93. The van der Waals surface area contributed by atoms with Gasteiger partial charge < -0.3 is 13.9 Å². The summed E-state index contributed by atoms with van der Waals surface area (Å²) in [6.45, 7) is 1.81. The Kier molecular flexibility index (Phi) is 2.33. The van der Waals surface area contributed by atoms with E-state index < -0.39 is 5.97 Å². The summed E-state index contributed by atoms with van der Waals surface area (Å²) in [6, 6.07) is 5.30. The van der Waals surface area contributed by atoms with E-state index in [1.165, 1.54) is 0 Å². The molecule has 78 valence electrons. The van der Waals surface area contributed by atoms with Crippen LogP contribution in [0.2, 0.25) is 0 Å². The Hall–Kier alpha value is -1.97. The van der Waals surface area contributed by atoms with Crippen molar-refractivity contribution in [1.29, 1.82) is 0 Å². The number of carboxylic acids is 1. The van der Waals surface area contributed by atoms with Gasteiger partial charge in [-0.15, -0.1) is 0 Å². The van der Waals surface area contributed by atoms with Crippen LogP contribution in [0.25, 0.3) is 11.5 Å². The molecule has 0 saturated carbocycles. The van der Waals surface area contributed by atoms with E-state index in [0.29, 0.717) is 17.3 Å². The fourth-order valence-corrected chi connectivity index (χ4v) is 1.37. The fraction of sp³-hybridized carbons (Fsp3) is 0.182. The quantitative estimate of drug-likeness (QED) is 0.837. The van der Waals surface area contributed by atoms with Crippen molar-refractivity contribution >= 4 is 5.97 Å². The molecule has 2 rings (SSSR count). The standard InChI is InChI=1S/C11H10O4/c1-7-5-10(8-3-2-4-14-8)15-9(7)6-11(12)13/h2-5H,6H2,1H3,(H,12,13). The average molecular weight is 206 g/mol.